The maximum absolute atomic E-state index is 11.7. The van der Waals surface area contributed by atoms with E-state index in [9.17, 15) is 14.7 Å². The van der Waals surface area contributed by atoms with E-state index in [0.717, 1.165) is 4.68 Å². The summed E-state index contributed by atoms with van der Waals surface area (Å²) in [6.45, 7) is 1.01. The molecule has 1 rings (SSSR count). The molecule has 1 N–H and O–H groups in total. The Bertz CT molecular complexity index is 493. The lowest BCUT2D eigenvalue weighted by molar-refractivity contribution is -0.162. The van der Waals surface area contributed by atoms with Crippen LogP contribution in [0, 0.1) is 0 Å². The number of aromatic nitrogens is 2. The van der Waals surface area contributed by atoms with Crippen molar-refractivity contribution in [2.75, 3.05) is 26.1 Å². The van der Waals surface area contributed by atoms with Crippen molar-refractivity contribution in [3.05, 3.63) is 22.6 Å². The SMILES string of the molecule is COC(=O)C(C)(O)Cn1ncc(N(C)C)cc1=O. The van der Waals surface area contributed by atoms with Crippen molar-refractivity contribution in [2.45, 2.75) is 19.1 Å². The van der Waals surface area contributed by atoms with Gasteiger partial charge >= 0.3 is 5.97 Å². The Balaban J connectivity index is 3.00. The van der Waals surface area contributed by atoms with E-state index in [1.165, 1.54) is 26.3 Å². The van der Waals surface area contributed by atoms with Crippen LogP contribution in [0.4, 0.5) is 5.69 Å². The van der Waals surface area contributed by atoms with Gasteiger partial charge in [0.05, 0.1) is 25.5 Å². The van der Waals surface area contributed by atoms with Crippen LogP contribution in [0.25, 0.3) is 0 Å². The van der Waals surface area contributed by atoms with Gasteiger partial charge in [0.2, 0.25) is 0 Å². The van der Waals surface area contributed by atoms with Crippen LogP contribution in [0.15, 0.2) is 17.1 Å². The number of anilines is 1. The van der Waals surface area contributed by atoms with Crippen molar-refractivity contribution < 1.29 is 14.6 Å². The van der Waals surface area contributed by atoms with E-state index in [1.54, 1.807) is 19.0 Å². The van der Waals surface area contributed by atoms with E-state index in [-0.39, 0.29) is 6.54 Å². The number of methoxy groups -OCH3 is 1. The molecule has 1 heterocycles. The van der Waals surface area contributed by atoms with Gasteiger partial charge in [-0.1, -0.05) is 0 Å². The van der Waals surface area contributed by atoms with Crippen LogP contribution in [-0.4, -0.2) is 47.7 Å². The van der Waals surface area contributed by atoms with Crippen molar-refractivity contribution in [2.24, 2.45) is 0 Å². The van der Waals surface area contributed by atoms with E-state index in [4.69, 9.17) is 0 Å². The molecule has 7 heteroatoms. The summed E-state index contributed by atoms with van der Waals surface area (Å²) < 4.78 is 5.47. The van der Waals surface area contributed by atoms with Gasteiger partial charge in [0, 0.05) is 20.2 Å². The van der Waals surface area contributed by atoms with E-state index < -0.39 is 17.1 Å². The second-order valence-electron chi connectivity index (χ2n) is 4.37. The molecule has 0 aliphatic heterocycles. The number of carbonyl (C=O) groups is 1. The number of nitrogens with zero attached hydrogens (tertiary/aromatic N) is 3. The molecule has 0 fully saturated rings. The van der Waals surface area contributed by atoms with Crippen molar-refractivity contribution in [1.82, 2.24) is 9.78 Å². The molecular formula is C11H17N3O4. The number of esters is 1. The van der Waals surface area contributed by atoms with Gasteiger partial charge in [-0.2, -0.15) is 5.10 Å². The molecule has 0 aliphatic carbocycles. The van der Waals surface area contributed by atoms with Crippen LogP contribution in [0.5, 0.6) is 0 Å². The lowest BCUT2D eigenvalue weighted by Crippen LogP contribution is -2.43. The molecule has 1 aromatic heterocycles. The zero-order valence-electron chi connectivity index (χ0n) is 10.9. The van der Waals surface area contributed by atoms with Gasteiger partial charge in [0.15, 0.2) is 5.60 Å². The molecule has 1 atom stereocenters. The molecule has 0 bridgehead atoms. The Morgan fingerprint density at radius 1 is 1.61 bits per heavy atom. The van der Waals surface area contributed by atoms with Gasteiger partial charge in [0.25, 0.3) is 5.56 Å². The third-order valence-electron chi connectivity index (χ3n) is 2.45. The normalized spacial score (nSPS) is 13.8. The molecule has 18 heavy (non-hydrogen) atoms. The van der Waals surface area contributed by atoms with Gasteiger partial charge < -0.3 is 14.7 Å². The summed E-state index contributed by atoms with van der Waals surface area (Å²) >= 11 is 0. The van der Waals surface area contributed by atoms with Crippen LogP contribution >= 0.6 is 0 Å². The fourth-order valence-corrected chi connectivity index (χ4v) is 1.36. The summed E-state index contributed by atoms with van der Waals surface area (Å²) in [5.74, 6) is -0.812. The number of carbonyl (C=O) groups excluding carboxylic acids is 1. The van der Waals surface area contributed by atoms with Crippen molar-refractivity contribution in [1.29, 1.82) is 0 Å². The van der Waals surface area contributed by atoms with E-state index in [2.05, 4.69) is 9.84 Å². The van der Waals surface area contributed by atoms with Gasteiger partial charge in [-0.3, -0.25) is 4.79 Å². The summed E-state index contributed by atoms with van der Waals surface area (Å²) in [4.78, 5) is 24.8. The maximum atomic E-state index is 11.7. The highest BCUT2D eigenvalue weighted by molar-refractivity contribution is 5.78. The molecular weight excluding hydrogens is 238 g/mol. The topological polar surface area (TPSA) is 84.7 Å². The Morgan fingerprint density at radius 2 is 2.22 bits per heavy atom. The molecule has 1 aromatic rings. The summed E-state index contributed by atoms with van der Waals surface area (Å²) in [7, 11) is 4.74. The molecule has 0 amide bonds. The molecule has 0 radical (unpaired) electrons. The van der Waals surface area contributed by atoms with Gasteiger partial charge in [-0.05, 0) is 6.92 Å². The highest BCUT2D eigenvalue weighted by Gasteiger charge is 2.32. The second kappa shape index (κ2) is 5.18. The highest BCUT2D eigenvalue weighted by Crippen LogP contribution is 2.09. The minimum atomic E-state index is -1.79. The number of hydrogen-bond acceptors (Lipinski definition) is 6. The number of aliphatic hydroxyl groups is 1. The first-order valence-electron chi connectivity index (χ1n) is 5.33. The predicted octanol–water partition coefficient (Wildman–Crippen LogP) is -0.767. The molecule has 7 nitrogen and oxygen atoms in total. The zero-order chi connectivity index (χ0) is 13.9. The quantitative estimate of drug-likeness (QED) is 0.711. The predicted molar refractivity (Wildman–Crippen MR) is 65.5 cm³/mol. The third-order valence-corrected chi connectivity index (χ3v) is 2.45. The Morgan fingerprint density at radius 3 is 2.67 bits per heavy atom. The largest absolute Gasteiger partial charge is 0.467 e. The molecule has 0 aromatic carbocycles. The Kier molecular flexibility index (Phi) is 4.07. The first-order chi connectivity index (χ1) is 8.27. The summed E-state index contributed by atoms with van der Waals surface area (Å²) in [5, 5.41) is 13.8. The monoisotopic (exact) mass is 255 g/mol. The van der Waals surface area contributed by atoms with Crippen molar-refractivity contribution >= 4 is 11.7 Å². The molecule has 1 unspecified atom stereocenters. The molecule has 0 saturated carbocycles. The van der Waals surface area contributed by atoms with Crippen LogP contribution in [0.3, 0.4) is 0 Å². The van der Waals surface area contributed by atoms with Crippen LogP contribution in [0.1, 0.15) is 6.92 Å². The molecule has 0 saturated heterocycles. The molecule has 0 aliphatic rings. The smallest absolute Gasteiger partial charge is 0.339 e. The average Bonchev–Trinajstić information content (AvgIpc) is 2.30. The number of ether oxygens (including phenoxy) is 1. The maximum Gasteiger partial charge on any atom is 0.339 e. The van der Waals surface area contributed by atoms with Crippen LogP contribution in [-0.2, 0) is 16.1 Å². The first-order valence-corrected chi connectivity index (χ1v) is 5.33. The van der Waals surface area contributed by atoms with Crippen LogP contribution < -0.4 is 10.5 Å². The van der Waals surface area contributed by atoms with Gasteiger partial charge in [-0.15, -0.1) is 0 Å². The lowest BCUT2D eigenvalue weighted by atomic mass is 10.1. The van der Waals surface area contributed by atoms with Crippen LogP contribution in [0.2, 0.25) is 0 Å². The van der Waals surface area contributed by atoms with E-state index in [1.807, 2.05) is 0 Å². The Labute approximate surface area is 105 Å². The Hall–Kier alpha value is -1.89. The fourth-order valence-electron chi connectivity index (χ4n) is 1.36. The fraction of sp³-hybridized carbons (Fsp3) is 0.545. The average molecular weight is 255 g/mol. The van der Waals surface area contributed by atoms with Gasteiger partial charge in [-0.25, -0.2) is 9.48 Å². The summed E-state index contributed by atoms with van der Waals surface area (Å²) in [5.41, 5.74) is -1.54. The standard InChI is InChI=1S/C11H17N3O4/c1-11(17,10(16)18-4)7-14-9(15)5-8(6-12-14)13(2)3/h5-6,17H,7H2,1-4H3. The van der Waals surface area contributed by atoms with Crippen molar-refractivity contribution in [3.63, 3.8) is 0 Å². The zero-order valence-corrected chi connectivity index (χ0v) is 10.9. The highest BCUT2D eigenvalue weighted by atomic mass is 16.5. The lowest BCUT2D eigenvalue weighted by Gasteiger charge is -2.20. The first kappa shape index (κ1) is 14.2. The second-order valence-corrected chi connectivity index (χ2v) is 4.37. The number of hydrogen-bond donors (Lipinski definition) is 1. The minimum Gasteiger partial charge on any atom is -0.467 e. The summed E-state index contributed by atoms with van der Waals surface area (Å²) in [6, 6.07) is 1.38. The van der Waals surface area contributed by atoms with Crippen molar-refractivity contribution in [3.8, 4) is 0 Å². The van der Waals surface area contributed by atoms with E-state index in [0.29, 0.717) is 5.69 Å². The van der Waals surface area contributed by atoms with Gasteiger partial charge in [0.1, 0.15) is 0 Å². The number of rotatable bonds is 4. The third kappa shape index (κ3) is 3.07. The van der Waals surface area contributed by atoms with E-state index >= 15 is 0 Å². The summed E-state index contributed by atoms with van der Waals surface area (Å²) in [6.07, 6.45) is 1.48. The molecule has 0 spiro atoms. The molecule has 100 valence electrons. The minimum absolute atomic E-state index is 0.258.